The number of hydrogen-bond donors (Lipinski definition) is 1. The second kappa shape index (κ2) is 5.13. The van der Waals surface area contributed by atoms with Gasteiger partial charge < -0.3 is 9.84 Å². The van der Waals surface area contributed by atoms with Gasteiger partial charge in [0.05, 0.1) is 19.8 Å². The molecule has 0 saturated carbocycles. The zero-order valence-corrected chi connectivity index (χ0v) is 9.54. The number of carboxylic acid groups (broad SMARTS) is 1. The standard InChI is InChI=1S/C9H16N2O5/c1-10(16-3)8(12)7-4-6(15-2)5-11(7)9(13)14/h6-7H,4-5H2,1-3H3,(H,13,14)/t6?,7-/m0/s1. The summed E-state index contributed by atoms with van der Waals surface area (Å²) in [6.07, 6.45) is -1.01. The maximum absolute atomic E-state index is 11.8. The van der Waals surface area contributed by atoms with Crippen LogP contribution in [0.5, 0.6) is 0 Å². The Morgan fingerprint density at radius 1 is 1.44 bits per heavy atom. The van der Waals surface area contributed by atoms with Crippen LogP contribution in [0.25, 0.3) is 0 Å². The van der Waals surface area contributed by atoms with Gasteiger partial charge in [0.2, 0.25) is 0 Å². The lowest BCUT2D eigenvalue weighted by atomic mass is 10.2. The van der Waals surface area contributed by atoms with E-state index >= 15 is 0 Å². The number of ether oxygens (including phenoxy) is 1. The summed E-state index contributed by atoms with van der Waals surface area (Å²) in [5, 5.41) is 9.99. The highest BCUT2D eigenvalue weighted by atomic mass is 16.7. The van der Waals surface area contributed by atoms with Crippen molar-refractivity contribution in [1.82, 2.24) is 9.96 Å². The van der Waals surface area contributed by atoms with Crippen LogP contribution in [-0.4, -0.2) is 67.0 Å². The van der Waals surface area contributed by atoms with E-state index in [2.05, 4.69) is 0 Å². The highest BCUT2D eigenvalue weighted by Crippen LogP contribution is 2.21. The number of likely N-dealkylation sites (tertiary alicyclic amines) is 1. The van der Waals surface area contributed by atoms with E-state index in [9.17, 15) is 9.59 Å². The molecule has 2 amide bonds. The number of amides is 2. The molecule has 7 nitrogen and oxygen atoms in total. The molecular weight excluding hydrogens is 216 g/mol. The number of hydrogen-bond acceptors (Lipinski definition) is 4. The zero-order valence-electron chi connectivity index (χ0n) is 9.54. The fraction of sp³-hybridized carbons (Fsp3) is 0.778. The van der Waals surface area contributed by atoms with Gasteiger partial charge in [-0.25, -0.2) is 9.86 Å². The molecule has 7 heteroatoms. The highest BCUT2D eigenvalue weighted by Gasteiger charge is 2.41. The van der Waals surface area contributed by atoms with Crippen LogP contribution in [0.4, 0.5) is 4.79 Å². The molecule has 1 aliphatic rings. The second-order valence-electron chi connectivity index (χ2n) is 3.56. The number of carbonyl (C=O) groups is 2. The lowest BCUT2D eigenvalue weighted by Gasteiger charge is -2.23. The Morgan fingerprint density at radius 3 is 2.50 bits per heavy atom. The Balaban J connectivity index is 2.76. The third-order valence-corrected chi connectivity index (χ3v) is 2.71. The van der Waals surface area contributed by atoms with Crippen molar-refractivity contribution >= 4 is 12.0 Å². The van der Waals surface area contributed by atoms with Gasteiger partial charge in [0.15, 0.2) is 0 Å². The zero-order chi connectivity index (χ0) is 12.3. The molecule has 16 heavy (non-hydrogen) atoms. The Morgan fingerprint density at radius 2 is 2.06 bits per heavy atom. The lowest BCUT2D eigenvalue weighted by Crippen LogP contribution is -2.45. The molecule has 0 bridgehead atoms. The molecule has 1 unspecified atom stereocenters. The largest absolute Gasteiger partial charge is 0.465 e. The average Bonchev–Trinajstić information content (AvgIpc) is 2.71. The fourth-order valence-electron chi connectivity index (χ4n) is 1.71. The van der Waals surface area contributed by atoms with Crippen LogP contribution in [-0.2, 0) is 14.4 Å². The third kappa shape index (κ3) is 2.42. The van der Waals surface area contributed by atoms with Gasteiger partial charge >= 0.3 is 6.09 Å². The Hall–Kier alpha value is -1.34. The summed E-state index contributed by atoms with van der Waals surface area (Å²) in [6.45, 7) is 0.208. The van der Waals surface area contributed by atoms with Gasteiger partial charge in [0.1, 0.15) is 6.04 Å². The molecule has 1 aliphatic heterocycles. The smallest absolute Gasteiger partial charge is 0.408 e. The Bertz CT molecular complexity index is 283. The van der Waals surface area contributed by atoms with Gasteiger partial charge in [-0.15, -0.1) is 0 Å². The summed E-state index contributed by atoms with van der Waals surface area (Å²) in [6, 6.07) is -0.729. The number of carbonyl (C=O) groups excluding carboxylic acids is 1. The first kappa shape index (κ1) is 12.7. The summed E-state index contributed by atoms with van der Waals surface area (Å²) < 4.78 is 5.07. The number of nitrogens with zero attached hydrogens (tertiary/aromatic N) is 2. The molecule has 1 saturated heterocycles. The topological polar surface area (TPSA) is 79.3 Å². The van der Waals surface area contributed by atoms with Crippen molar-refractivity contribution in [3.63, 3.8) is 0 Å². The second-order valence-corrected chi connectivity index (χ2v) is 3.56. The Kier molecular flexibility index (Phi) is 4.08. The minimum atomic E-state index is -1.12. The summed E-state index contributed by atoms with van der Waals surface area (Å²) in [7, 11) is 4.30. The molecule has 0 aliphatic carbocycles. The molecule has 0 aromatic carbocycles. The molecular formula is C9H16N2O5. The fourth-order valence-corrected chi connectivity index (χ4v) is 1.71. The van der Waals surface area contributed by atoms with Gasteiger partial charge in [0.25, 0.3) is 5.91 Å². The first-order chi connectivity index (χ1) is 7.51. The van der Waals surface area contributed by atoms with Crippen molar-refractivity contribution in [3.05, 3.63) is 0 Å². The predicted octanol–water partition coefficient (Wildman–Crippen LogP) is -0.226. The average molecular weight is 232 g/mol. The number of methoxy groups -OCH3 is 1. The van der Waals surface area contributed by atoms with Crippen molar-refractivity contribution in [2.75, 3.05) is 27.8 Å². The molecule has 0 radical (unpaired) electrons. The van der Waals surface area contributed by atoms with Crippen LogP contribution in [0.2, 0.25) is 0 Å². The molecule has 1 N–H and O–H groups in total. The minimum Gasteiger partial charge on any atom is -0.465 e. The van der Waals surface area contributed by atoms with E-state index in [-0.39, 0.29) is 18.6 Å². The predicted molar refractivity (Wildman–Crippen MR) is 53.7 cm³/mol. The van der Waals surface area contributed by atoms with Crippen molar-refractivity contribution in [2.24, 2.45) is 0 Å². The van der Waals surface area contributed by atoms with E-state index in [1.807, 2.05) is 0 Å². The van der Waals surface area contributed by atoms with E-state index in [1.165, 1.54) is 21.3 Å². The van der Waals surface area contributed by atoms with Crippen molar-refractivity contribution in [1.29, 1.82) is 0 Å². The molecule has 1 rings (SSSR count). The molecule has 1 fully saturated rings. The van der Waals surface area contributed by atoms with Crippen LogP contribution in [0.15, 0.2) is 0 Å². The summed E-state index contributed by atoms with van der Waals surface area (Å²) in [4.78, 5) is 28.6. The maximum atomic E-state index is 11.8. The molecule has 0 aromatic rings. The highest BCUT2D eigenvalue weighted by molar-refractivity contribution is 5.85. The first-order valence-corrected chi connectivity index (χ1v) is 4.85. The molecule has 2 atom stereocenters. The van der Waals surface area contributed by atoms with E-state index in [1.54, 1.807) is 0 Å². The monoisotopic (exact) mass is 232 g/mol. The molecule has 1 heterocycles. The van der Waals surface area contributed by atoms with Gasteiger partial charge in [0, 0.05) is 20.6 Å². The van der Waals surface area contributed by atoms with Crippen molar-refractivity contribution < 1.29 is 24.3 Å². The molecule has 92 valence electrons. The van der Waals surface area contributed by atoms with Crippen molar-refractivity contribution in [3.8, 4) is 0 Å². The Labute approximate surface area is 93.5 Å². The molecule has 0 aromatic heterocycles. The number of likely N-dealkylation sites (N-methyl/N-ethyl adjacent to an activating group) is 1. The van der Waals surface area contributed by atoms with Gasteiger partial charge in [-0.3, -0.25) is 14.5 Å². The van der Waals surface area contributed by atoms with Gasteiger partial charge in [-0.1, -0.05) is 0 Å². The van der Waals surface area contributed by atoms with E-state index in [0.29, 0.717) is 6.42 Å². The van der Waals surface area contributed by atoms with Crippen LogP contribution >= 0.6 is 0 Å². The van der Waals surface area contributed by atoms with Crippen LogP contribution in [0.1, 0.15) is 6.42 Å². The summed E-state index contributed by atoms with van der Waals surface area (Å²) in [5.41, 5.74) is 0. The van der Waals surface area contributed by atoms with Gasteiger partial charge in [-0.2, -0.15) is 0 Å². The van der Waals surface area contributed by atoms with Crippen LogP contribution in [0, 0.1) is 0 Å². The number of hydroxylamine groups is 2. The molecule has 0 spiro atoms. The summed E-state index contributed by atoms with van der Waals surface area (Å²) in [5.74, 6) is -0.385. The maximum Gasteiger partial charge on any atom is 0.408 e. The summed E-state index contributed by atoms with van der Waals surface area (Å²) >= 11 is 0. The van der Waals surface area contributed by atoms with E-state index in [4.69, 9.17) is 14.7 Å². The normalized spacial score (nSPS) is 24.6. The van der Waals surface area contributed by atoms with E-state index in [0.717, 1.165) is 9.96 Å². The lowest BCUT2D eigenvalue weighted by molar-refractivity contribution is -0.173. The SMILES string of the molecule is COC1C[C@@H](C(=O)N(C)OC)N(C(=O)O)C1. The minimum absolute atomic E-state index is 0.208. The number of rotatable bonds is 3. The van der Waals surface area contributed by atoms with Crippen LogP contribution < -0.4 is 0 Å². The first-order valence-electron chi connectivity index (χ1n) is 4.85. The van der Waals surface area contributed by atoms with Crippen LogP contribution in [0.3, 0.4) is 0 Å². The quantitative estimate of drug-likeness (QED) is 0.680. The van der Waals surface area contributed by atoms with E-state index < -0.39 is 12.1 Å². The van der Waals surface area contributed by atoms with Crippen molar-refractivity contribution in [2.45, 2.75) is 18.6 Å². The van der Waals surface area contributed by atoms with Gasteiger partial charge in [-0.05, 0) is 0 Å². The third-order valence-electron chi connectivity index (χ3n) is 2.71.